The third-order valence-electron chi connectivity index (χ3n) is 5.40. The number of aliphatic hydroxyl groups excluding tert-OH is 1. The summed E-state index contributed by atoms with van der Waals surface area (Å²) in [6.45, 7) is 0.932. The smallest absolute Gasteiger partial charge is 0.329 e. The second-order valence-corrected chi connectivity index (χ2v) is 7.44. The molecule has 0 saturated heterocycles. The van der Waals surface area contributed by atoms with Crippen molar-refractivity contribution in [2.24, 2.45) is 0 Å². The number of hydrogen-bond donors (Lipinski definition) is 1. The lowest BCUT2D eigenvalue weighted by Crippen LogP contribution is -2.25. The Bertz CT molecular complexity index is 1250. The van der Waals surface area contributed by atoms with Gasteiger partial charge in [-0.2, -0.15) is 0 Å². The fraction of sp³-hybridized carbons (Fsp3) is 0.400. The van der Waals surface area contributed by atoms with Crippen molar-refractivity contribution in [1.29, 1.82) is 0 Å². The summed E-state index contributed by atoms with van der Waals surface area (Å²) < 4.78 is 19.1. The van der Waals surface area contributed by atoms with Crippen LogP contribution in [-0.2, 0) is 13.1 Å². The van der Waals surface area contributed by atoms with E-state index >= 15 is 0 Å². The van der Waals surface area contributed by atoms with E-state index in [0.717, 1.165) is 30.3 Å². The number of rotatable bonds is 7. The summed E-state index contributed by atoms with van der Waals surface area (Å²) in [5.41, 5.74) is 2.60. The Kier molecular flexibility index (Phi) is 4.39. The van der Waals surface area contributed by atoms with Crippen molar-refractivity contribution in [3.05, 3.63) is 52.8 Å². The Balaban J connectivity index is 1.63. The Morgan fingerprint density at radius 3 is 2.83 bits per heavy atom. The van der Waals surface area contributed by atoms with Crippen LogP contribution in [0.4, 0.5) is 4.39 Å². The largest absolute Gasteiger partial charge is 0.396 e. The molecule has 1 saturated carbocycles. The second kappa shape index (κ2) is 7.07. The van der Waals surface area contributed by atoms with Crippen LogP contribution in [0.25, 0.3) is 22.2 Å². The first kappa shape index (κ1) is 18.0. The molecule has 9 heteroatoms. The molecule has 4 aromatic rings. The highest BCUT2D eigenvalue weighted by molar-refractivity contribution is 5.75. The summed E-state index contributed by atoms with van der Waals surface area (Å²) in [5, 5.41) is 9.12. The third-order valence-corrected chi connectivity index (χ3v) is 5.40. The van der Waals surface area contributed by atoms with Gasteiger partial charge in [0.1, 0.15) is 17.2 Å². The highest BCUT2D eigenvalue weighted by Crippen LogP contribution is 2.36. The summed E-state index contributed by atoms with van der Waals surface area (Å²) in [4.78, 5) is 26.1. The minimum absolute atomic E-state index is 0.0800. The number of unbranched alkanes of at least 4 members (excludes halogenated alkanes) is 1. The molecule has 29 heavy (non-hydrogen) atoms. The fourth-order valence-electron chi connectivity index (χ4n) is 3.88. The molecule has 8 nitrogen and oxygen atoms in total. The van der Waals surface area contributed by atoms with Gasteiger partial charge < -0.3 is 9.67 Å². The zero-order valence-electron chi connectivity index (χ0n) is 15.8. The number of aryl methyl sites for hydroxylation is 1. The minimum Gasteiger partial charge on any atom is -0.396 e. The molecule has 0 bridgehead atoms. The predicted molar refractivity (Wildman–Crippen MR) is 105 cm³/mol. The van der Waals surface area contributed by atoms with Gasteiger partial charge in [-0.05, 0) is 31.7 Å². The van der Waals surface area contributed by atoms with Gasteiger partial charge in [0.15, 0.2) is 5.65 Å². The molecule has 0 unspecified atom stereocenters. The Morgan fingerprint density at radius 2 is 2.03 bits per heavy atom. The monoisotopic (exact) mass is 396 g/mol. The van der Waals surface area contributed by atoms with Gasteiger partial charge in [-0.15, -0.1) is 0 Å². The van der Waals surface area contributed by atoms with Gasteiger partial charge in [0.2, 0.25) is 0 Å². The molecule has 1 aliphatic rings. The summed E-state index contributed by atoms with van der Waals surface area (Å²) in [6.07, 6.45) is 7.95. The average Bonchev–Trinajstić information content (AvgIpc) is 3.44. The number of hydrogen-bond acceptors (Lipinski definition) is 5. The van der Waals surface area contributed by atoms with E-state index in [-0.39, 0.29) is 24.9 Å². The molecule has 1 N–H and O–H groups in total. The average molecular weight is 396 g/mol. The molecule has 0 aromatic carbocycles. The first-order chi connectivity index (χ1) is 14.2. The molecule has 150 valence electrons. The number of fused-ring (bicyclic) bond motifs is 2. The minimum atomic E-state index is -0.448. The maximum absolute atomic E-state index is 13.7. The van der Waals surface area contributed by atoms with Crippen LogP contribution >= 0.6 is 0 Å². The highest BCUT2D eigenvalue weighted by atomic mass is 19.1. The van der Waals surface area contributed by atoms with Crippen LogP contribution < -0.4 is 5.69 Å². The lowest BCUT2D eigenvalue weighted by molar-refractivity contribution is 0.281. The van der Waals surface area contributed by atoms with E-state index in [1.807, 2.05) is 15.2 Å². The number of imidazole rings is 2. The molecule has 0 amide bonds. The van der Waals surface area contributed by atoms with Crippen molar-refractivity contribution in [3.8, 4) is 0 Å². The zero-order chi connectivity index (χ0) is 20.0. The van der Waals surface area contributed by atoms with Crippen LogP contribution in [0.2, 0.25) is 0 Å². The number of aliphatic hydroxyl groups is 1. The molecular weight excluding hydrogens is 375 g/mol. The van der Waals surface area contributed by atoms with Crippen LogP contribution in [0.15, 0.2) is 35.5 Å². The predicted octanol–water partition coefficient (Wildman–Crippen LogP) is 2.24. The van der Waals surface area contributed by atoms with E-state index in [4.69, 9.17) is 5.11 Å². The van der Waals surface area contributed by atoms with Crippen LogP contribution in [0.5, 0.6) is 0 Å². The van der Waals surface area contributed by atoms with Crippen molar-refractivity contribution < 1.29 is 9.50 Å². The van der Waals surface area contributed by atoms with Crippen LogP contribution in [0.3, 0.4) is 0 Å². The quantitative estimate of drug-likeness (QED) is 0.484. The standard InChI is InChI=1S/C20H21FN6O2/c21-13-9-15-19(23-10-13)25(7-1-2-8-28)18(24-15)12-26-17-11-22-6-5-16(17)27(20(26)29)14-3-4-14/h5-6,9-11,14,28H,1-4,7-8,12H2. The normalized spacial score (nSPS) is 14.3. The first-order valence-electron chi connectivity index (χ1n) is 9.83. The molecule has 1 fully saturated rings. The third kappa shape index (κ3) is 3.11. The Hall–Kier alpha value is -3.07. The van der Waals surface area contributed by atoms with Gasteiger partial charge in [-0.25, -0.2) is 19.2 Å². The van der Waals surface area contributed by atoms with Crippen molar-refractivity contribution >= 4 is 22.2 Å². The summed E-state index contributed by atoms with van der Waals surface area (Å²) in [6, 6.07) is 3.46. The van der Waals surface area contributed by atoms with Crippen LogP contribution in [0.1, 0.15) is 37.5 Å². The molecule has 4 aromatic heterocycles. The van der Waals surface area contributed by atoms with Gasteiger partial charge in [0, 0.05) is 31.5 Å². The molecule has 0 aliphatic heterocycles. The number of pyridine rings is 2. The Morgan fingerprint density at radius 1 is 1.17 bits per heavy atom. The highest BCUT2D eigenvalue weighted by Gasteiger charge is 2.29. The first-order valence-corrected chi connectivity index (χ1v) is 9.83. The second-order valence-electron chi connectivity index (χ2n) is 7.44. The lowest BCUT2D eigenvalue weighted by Gasteiger charge is -2.09. The van der Waals surface area contributed by atoms with E-state index < -0.39 is 5.82 Å². The van der Waals surface area contributed by atoms with Crippen molar-refractivity contribution in [3.63, 3.8) is 0 Å². The maximum Gasteiger partial charge on any atom is 0.329 e. The molecular formula is C20H21FN6O2. The fourth-order valence-corrected chi connectivity index (χ4v) is 3.88. The van der Waals surface area contributed by atoms with Crippen molar-refractivity contribution in [2.45, 2.75) is 44.8 Å². The van der Waals surface area contributed by atoms with Crippen LogP contribution in [0, 0.1) is 5.82 Å². The SMILES string of the molecule is O=c1n(Cc2nc3cc(F)cnc3n2CCCCO)c2cnccc2n1C1CC1. The van der Waals surface area contributed by atoms with E-state index in [1.165, 1.54) is 12.3 Å². The molecule has 5 rings (SSSR count). The van der Waals surface area contributed by atoms with Crippen LogP contribution in [-0.4, -0.2) is 40.4 Å². The van der Waals surface area contributed by atoms with E-state index in [9.17, 15) is 9.18 Å². The van der Waals surface area contributed by atoms with Gasteiger partial charge in [0.25, 0.3) is 0 Å². The van der Waals surface area contributed by atoms with Crippen molar-refractivity contribution in [1.82, 2.24) is 28.7 Å². The van der Waals surface area contributed by atoms with Crippen molar-refractivity contribution in [2.75, 3.05) is 6.61 Å². The van der Waals surface area contributed by atoms with E-state index in [1.54, 1.807) is 17.0 Å². The Labute approximate surface area is 165 Å². The van der Waals surface area contributed by atoms with Gasteiger partial charge in [-0.1, -0.05) is 0 Å². The maximum atomic E-state index is 13.7. The summed E-state index contributed by atoms with van der Waals surface area (Å²) >= 11 is 0. The topological polar surface area (TPSA) is 90.8 Å². The zero-order valence-corrected chi connectivity index (χ0v) is 15.8. The molecule has 0 atom stereocenters. The summed E-state index contributed by atoms with van der Waals surface area (Å²) in [7, 11) is 0. The van der Waals surface area contributed by atoms with E-state index in [0.29, 0.717) is 30.0 Å². The van der Waals surface area contributed by atoms with Gasteiger partial charge in [-0.3, -0.25) is 14.1 Å². The number of nitrogens with zero attached hydrogens (tertiary/aromatic N) is 6. The lowest BCUT2D eigenvalue weighted by atomic mass is 10.3. The number of aromatic nitrogens is 6. The van der Waals surface area contributed by atoms with Gasteiger partial charge in [0.05, 0.1) is 30.0 Å². The number of halogens is 1. The van der Waals surface area contributed by atoms with Gasteiger partial charge >= 0.3 is 5.69 Å². The molecule has 4 heterocycles. The molecule has 1 aliphatic carbocycles. The molecule has 0 spiro atoms. The molecule has 0 radical (unpaired) electrons. The van der Waals surface area contributed by atoms with E-state index in [2.05, 4.69) is 15.0 Å². The summed E-state index contributed by atoms with van der Waals surface area (Å²) in [5.74, 6) is 0.188.